The molecule has 6 heteroatoms. The van der Waals surface area contributed by atoms with Crippen LogP contribution in [0, 0.1) is 0 Å². The Morgan fingerprint density at radius 3 is 2.88 bits per heavy atom. The third-order valence-electron chi connectivity index (χ3n) is 2.61. The van der Waals surface area contributed by atoms with Crippen molar-refractivity contribution in [3.05, 3.63) is 18.1 Å². The maximum atomic E-state index is 10.9. The van der Waals surface area contributed by atoms with Crippen molar-refractivity contribution in [3.8, 4) is 0 Å². The number of nitrogens with zero attached hydrogens (tertiary/aromatic N) is 2. The van der Waals surface area contributed by atoms with Crippen molar-refractivity contribution in [2.24, 2.45) is 5.73 Å². The summed E-state index contributed by atoms with van der Waals surface area (Å²) in [6.45, 7) is 2.01. The van der Waals surface area contributed by atoms with E-state index in [1.165, 1.54) is 6.33 Å². The van der Waals surface area contributed by atoms with E-state index >= 15 is 0 Å². The van der Waals surface area contributed by atoms with Crippen molar-refractivity contribution in [1.82, 2.24) is 15.3 Å². The van der Waals surface area contributed by atoms with Crippen LogP contribution in [0.2, 0.25) is 0 Å². The van der Waals surface area contributed by atoms with Crippen molar-refractivity contribution in [2.45, 2.75) is 18.9 Å². The van der Waals surface area contributed by atoms with Crippen LogP contribution in [0.1, 0.15) is 23.3 Å². The molecule has 4 N–H and O–H groups in total. The third kappa shape index (κ3) is 2.66. The van der Waals surface area contributed by atoms with Crippen molar-refractivity contribution < 1.29 is 4.79 Å². The van der Waals surface area contributed by atoms with Gasteiger partial charge < -0.3 is 16.4 Å². The molecule has 2 rings (SSSR count). The highest BCUT2D eigenvalue weighted by molar-refractivity contribution is 5.91. The summed E-state index contributed by atoms with van der Waals surface area (Å²) in [6, 6.07) is 1.99. The number of piperidine rings is 1. The fraction of sp³-hybridized carbons (Fsp3) is 0.500. The summed E-state index contributed by atoms with van der Waals surface area (Å²) in [5.41, 5.74) is 5.39. The molecule has 0 unspecified atom stereocenters. The van der Waals surface area contributed by atoms with E-state index in [4.69, 9.17) is 5.73 Å². The molecule has 0 aliphatic carbocycles. The molecule has 6 nitrogen and oxygen atoms in total. The lowest BCUT2D eigenvalue weighted by atomic mass is 10.1. The van der Waals surface area contributed by atoms with Crippen LogP contribution in [0.4, 0.5) is 5.82 Å². The Labute approximate surface area is 93.7 Å². The van der Waals surface area contributed by atoms with E-state index in [1.807, 2.05) is 0 Å². The van der Waals surface area contributed by atoms with Gasteiger partial charge in [0.15, 0.2) is 0 Å². The molecule has 1 aliphatic rings. The lowest BCUT2D eigenvalue weighted by molar-refractivity contribution is 0.0995. The van der Waals surface area contributed by atoms with E-state index in [0.717, 1.165) is 25.9 Å². The van der Waals surface area contributed by atoms with E-state index in [2.05, 4.69) is 20.6 Å². The van der Waals surface area contributed by atoms with Crippen molar-refractivity contribution in [3.63, 3.8) is 0 Å². The number of carbonyl (C=O) groups excluding carboxylic acids is 1. The van der Waals surface area contributed by atoms with Crippen LogP contribution in [-0.4, -0.2) is 35.0 Å². The molecule has 1 saturated heterocycles. The van der Waals surface area contributed by atoms with E-state index in [1.54, 1.807) is 6.07 Å². The van der Waals surface area contributed by atoms with Crippen molar-refractivity contribution in [1.29, 1.82) is 0 Å². The molecular formula is C10H15N5O. The second kappa shape index (κ2) is 4.89. The summed E-state index contributed by atoms with van der Waals surface area (Å²) in [5, 5.41) is 6.56. The summed E-state index contributed by atoms with van der Waals surface area (Å²) >= 11 is 0. The van der Waals surface area contributed by atoms with Crippen LogP contribution in [0.5, 0.6) is 0 Å². The number of hydrogen-bond acceptors (Lipinski definition) is 5. The summed E-state index contributed by atoms with van der Waals surface area (Å²) in [7, 11) is 0. The van der Waals surface area contributed by atoms with Crippen LogP contribution >= 0.6 is 0 Å². The molecule has 0 spiro atoms. The Balaban J connectivity index is 2.02. The van der Waals surface area contributed by atoms with E-state index < -0.39 is 5.91 Å². The molecular weight excluding hydrogens is 206 g/mol. The van der Waals surface area contributed by atoms with Crippen molar-refractivity contribution >= 4 is 11.7 Å². The molecule has 0 radical (unpaired) electrons. The monoisotopic (exact) mass is 221 g/mol. The van der Waals surface area contributed by atoms with Gasteiger partial charge in [-0.3, -0.25) is 4.79 Å². The fourth-order valence-corrected chi connectivity index (χ4v) is 1.75. The molecule has 1 aliphatic heterocycles. The van der Waals surface area contributed by atoms with Gasteiger partial charge in [-0.2, -0.15) is 0 Å². The fourth-order valence-electron chi connectivity index (χ4n) is 1.75. The van der Waals surface area contributed by atoms with Gasteiger partial charge in [0.05, 0.1) is 0 Å². The van der Waals surface area contributed by atoms with Gasteiger partial charge in [0, 0.05) is 12.1 Å². The van der Waals surface area contributed by atoms with Gasteiger partial charge in [-0.25, -0.2) is 9.97 Å². The number of hydrogen-bond donors (Lipinski definition) is 3. The number of aromatic nitrogens is 2. The first kappa shape index (κ1) is 10.8. The number of amides is 1. The first-order valence-corrected chi connectivity index (χ1v) is 5.35. The minimum absolute atomic E-state index is 0.242. The topological polar surface area (TPSA) is 92.9 Å². The zero-order valence-corrected chi connectivity index (χ0v) is 8.94. The quantitative estimate of drug-likeness (QED) is 0.654. The average Bonchev–Trinajstić information content (AvgIpc) is 2.30. The number of rotatable bonds is 3. The predicted octanol–water partition coefficient (Wildman–Crippen LogP) is -0.261. The second-order valence-electron chi connectivity index (χ2n) is 3.82. The van der Waals surface area contributed by atoms with Crippen LogP contribution in [0.3, 0.4) is 0 Å². The van der Waals surface area contributed by atoms with Crippen LogP contribution in [0.15, 0.2) is 12.4 Å². The van der Waals surface area contributed by atoms with Crippen LogP contribution in [-0.2, 0) is 0 Å². The Kier molecular flexibility index (Phi) is 3.31. The Hall–Kier alpha value is -1.69. The van der Waals surface area contributed by atoms with E-state index in [9.17, 15) is 4.79 Å². The lowest BCUT2D eigenvalue weighted by Crippen LogP contribution is -2.35. The number of anilines is 1. The second-order valence-corrected chi connectivity index (χ2v) is 3.82. The highest BCUT2D eigenvalue weighted by atomic mass is 16.1. The summed E-state index contributed by atoms with van der Waals surface area (Å²) in [5.74, 6) is 0.131. The zero-order valence-electron chi connectivity index (χ0n) is 8.94. The smallest absolute Gasteiger partial charge is 0.267 e. The largest absolute Gasteiger partial charge is 0.367 e. The predicted molar refractivity (Wildman–Crippen MR) is 60.1 cm³/mol. The molecule has 1 fully saturated rings. The third-order valence-corrected chi connectivity index (χ3v) is 2.61. The van der Waals surface area contributed by atoms with Gasteiger partial charge in [0.25, 0.3) is 5.91 Å². The Bertz CT molecular complexity index is 375. The molecule has 2 heterocycles. The maximum absolute atomic E-state index is 10.9. The Morgan fingerprint density at radius 2 is 2.19 bits per heavy atom. The Morgan fingerprint density at radius 1 is 1.44 bits per heavy atom. The number of primary amides is 1. The molecule has 0 saturated carbocycles. The summed E-state index contributed by atoms with van der Waals surface area (Å²) < 4.78 is 0. The van der Waals surface area contributed by atoms with E-state index in [0.29, 0.717) is 11.9 Å². The molecule has 0 atom stereocenters. The highest BCUT2D eigenvalue weighted by Crippen LogP contribution is 2.11. The number of nitrogens with two attached hydrogens (primary N) is 1. The molecule has 1 aromatic heterocycles. The normalized spacial score (nSPS) is 17.0. The van der Waals surface area contributed by atoms with Crippen LogP contribution < -0.4 is 16.4 Å². The van der Waals surface area contributed by atoms with E-state index in [-0.39, 0.29) is 5.69 Å². The maximum Gasteiger partial charge on any atom is 0.267 e. The first-order chi connectivity index (χ1) is 7.75. The first-order valence-electron chi connectivity index (χ1n) is 5.35. The summed E-state index contributed by atoms with van der Waals surface area (Å²) in [6.07, 6.45) is 3.45. The van der Waals surface area contributed by atoms with Gasteiger partial charge in [-0.05, 0) is 25.9 Å². The zero-order chi connectivity index (χ0) is 11.4. The number of carbonyl (C=O) groups is 1. The summed E-state index contributed by atoms with van der Waals surface area (Å²) in [4.78, 5) is 18.8. The van der Waals surface area contributed by atoms with Gasteiger partial charge >= 0.3 is 0 Å². The van der Waals surface area contributed by atoms with Gasteiger partial charge in [-0.15, -0.1) is 0 Å². The van der Waals surface area contributed by atoms with Crippen molar-refractivity contribution in [2.75, 3.05) is 18.4 Å². The highest BCUT2D eigenvalue weighted by Gasteiger charge is 2.13. The minimum Gasteiger partial charge on any atom is -0.367 e. The molecule has 16 heavy (non-hydrogen) atoms. The molecule has 1 amide bonds. The van der Waals surface area contributed by atoms with Crippen LogP contribution in [0.25, 0.3) is 0 Å². The number of nitrogens with one attached hydrogen (secondary N) is 2. The van der Waals surface area contributed by atoms with Gasteiger partial charge in [-0.1, -0.05) is 0 Å². The molecule has 1 aromatic rings. The average molecular weight is 221 g/mol. The molecule has 0 aromatic carbocycles. The SMILES string of the molecule is NC(=O)c1cc(NC2CCNCC2)ncn1. The van der Waals surface area contributed by atoms with Gasteiger partial charge in [0.1, 0.15) is 17.8 Å². The molecule has 0 bridgehead atoms. The standard InChI is InChI=1S/C10H15N5O/c11-10(16)8-5-9(14-6-13-8)15-7-1-3-12-4-2-7/h5-7,12H,1-4H2,(H2,11,16)(H,13,14,15). The molecule has 86 valence electrons. The van der Waals surface area contributed by atoms with Gasteiger partial charge in [0.2, 0.25) is 0 Å². The lowest BCUT2D eigenvalue weighted by Gasteiger charge is -2.24. The minimum atomic E-state index is -0.532.